The minimum absolute atomic E-state index is 0.180. The highest BCUT2D eigenvalue weighted by Crippen LogP contribution is 2.20. The Balaban J connectivity index is 2.43. The first-order valence-corrected chi connectivity index (χ1v) is 6.47. The number of aromatic nitrogens is 1. The molecular weight excluding hydrogens is 257 g/mol. The van der Waals surface area contributed by atoms with E-state index in [2.05, 4.69) is 0 Å². The summed E-state index contributed by atoms with van der Waals surface area (Å²) in [4.78, 5) is 11.1. The molecule has 0 spiro atoms. The maximum atomic E-state index is 13.6. The molecule has 106 valence electrons. The van der Waals surface area contributed by atoms with Crippen LogP contribution in [0.5, 0.6) is 0 Å². The van der Waals surface area contributed by atoms with Crippen LogP contribution in [0.4, 0.5) is 4.39 Å². The molecule has 0 unspecified atom stereocenters. The minimum Gasteiger partial charge on any atom is -0.478 e. The maximum absolute atomic E-state index is 13.6. The third-order valence-electron chi connectivity index (χ3n) is 3.64. The van der Waals surface area contributed by atoms with Gasteiger partial charge in [-0.05, 0) is 50.5 Å². The van der Waals surface area contributed by atoms with E-state index >= 15 is 0 Å². The van der Waals surface area contributed by atoms with Crippen LogP contribution in [0, 0.1) is 33.5 Å². The molecule has 20 heavy (non-hydrogen) atoms. The van der Waals surface area contributed by atoms with E-state index in [-0.39, 0.29) is 5.82 Å². The average Bonchev–Trinajstić information content (AvgIpc) is 2.64. The van der Waals surface area contributed by atoms with Gasteiger partial charge in [0.25, 0.3) is 0 Å². The molecule has 0 atom stereocenters. The molecule has 0 amide bonds. The van der Waals surface area contributed by atoms with Gasteiger partial charge in [0, 0.05) is 17.9 Å². The van der Waals surface area contributed by atoms with Gasteiger partial charge in [-0.25, -0.2) is 9.18 Å². The topological polar surface area (TPSA) is 42.2 Å². The first-order chi connectivity index (χ1) is 9.31. The summed E-state index contributed by atoms with van der Waals surface area (Å²) in [5.41, 5.74) is 4.12. The van der Waals surface area contributed by atoms with Crippen LogP contribution >= 0.6 is 0 Å². The predicted molar refractivity (Wildman–Crippen MR) is 75.8 cm³/mol. The summed E-state index contributed by atoms with van der Waals surface area (Å²) >= 11 is 0. The zero-order valence-corrected chi connectivity index (χ0v) is 12.1. The van der Waals surface area contributed by atoms with Crippen molar-refractivity contribution in [3.05, 3.63) is 57.7 Å². The molecular formula is C16H18FNO2. The second-order valence-corrected chi connectivity index (χ2v) is 5.22. The van der Waals surface area contributed by atoms with Crippen LogP contribution in [0.1, 0.15) is 38.4 Å². The fourth-order valence-corrected chi connectivity index (χ4v) is 2.57. The van der Waals surface area contributed by atoms with E-state index in [1.54, 1.807) is 26.8 Å². The van der Waals surface area contributed by atoms with Crippen LogP contribution < -0.4 is 0 Å². The molecule has 1 aromatic heterocycles. The molecule has 0 aliphatic rings. The number of carbonyl (C=O) groups is 1. The van der Waals surface area contributed by atoms with Crippen LogP contribution in [-0.2, 0) is 6.54 Å². The van der Waals surface area contributed by atoms with Gasteiger partial charge in [0.2, 0.25) is 0 Å². The van der Waals surface area contributed by atoms with E-state index in [1.807, 2.05) is 23.6 Å². The van der Waals surface area contributed by atoms with E-state index in [4.69, 9.17) is 5.11 Å². The smallest absolute Gasteiger partial charge is 0.337 e. The quantitative estimate of drug-likeness (QED) is 0.929. The third-order valence-corrected chi connectivity index (χ3v) is 3.64. The fraction of sp³-hybridized carbons (Fsp3) is 0.312. The number of aromatic carboxylic acids is 1. The molecule has 0 saturated carbocycles. The summed E-state index contributed by atoms with van der Waals surface area (Å²) < 4.78 is 15.6. The number of nitrogens with zero attached hydrogens (tertiary/aromatic N) is 1. The molecule has 2 rings (SSSR count). The molecule has 2 aromatic rings. The lowest BCUT2D eigenvalue weighted by Crippen LogP contribution is -2.07. The van der Waals surface area contributed by atoms with Crippen LogP contribution in [0.3, 0.4) is 0 Å². The van der Waals surface area contributed by atoms with Crippen molar-refractivity contribution in [3.8, 4) is 0 Å². The van der Waals surface area contributed by atoms with Gasteiger partial charge in [-0.3, -0.25) is 0 Å². The summed E-state index contributed by atoms with van der Waals surface area (Å²) in [5.74, 6) is -1.10. The Morgan fingerprint density at radius 3 is 2.15 bits per heavy atom. The molecule has 1 aromatic carbocycles. The Morgan fingerprint density at radius 2 is 1.70 bits per heavy atom. The largest absolute Gasteiger partial charge is 0.478 e. The van der Waals surface area contributed by atoms with Crippen molar-refractivity contribution in [2.24, 2.45) is 0 Å². The van der Waals surface area contributed by atoms with Crippen molar-refractivity contribution in [1.29, 1.82) is 0 Å². The van der Waals surface area contributed by atoms with E-state index in [0.29, 0.717) is 23.2 Å². The van der Waals surface area contributed by atoms with Crippen molar-refractivity contribution in [3.63, 3.8) is 0 Å². The number of aryl methyl sites for hydroxylation is 3. The lowest BCUT2D eigenvalue weighted by atomic mass is 10.1. The van der Waals surface area contributed by atoms with Crippen molar-refractivity contribution < 1.29 is 14.3 Å². The highest BCUT2D eigenvalue weighted by atomic mass is 19.1. The molecule has 0 saturated heterocycles. The first kappa shape index (κ1) is 14.3. The molecule has 0 bridgehead atoms. The van der Waals surface area contributed by atoms with Crippen molar-refractivity contribution in [2.75, 3.05) is 0 Å². The number of carboxylic acids is 1. The van der Waals surface area contributed by atoms with Gasteiger partial charge in [-0.2, -0.15) is 0 Å². The summed E-state index contributed by atoms with van der Waals surface area (Å²) in [6.45, 7) is 7.70. The number of hydrogen-bond donors (Lipinski definition) is 1. The zero-order chi connectivity index (χ0) is 15.0. The number of hydrogen-bond acceptors (Lipinski definition) is 1. The minimum atomic E-state index is -0.921. The predicted octanol–water partition coefficient (Wildman–Crippen LogP) is 3.61. The van der Waals surface area contributed by atoms with Crippen molar-refractivity contribution in [1.82, 2.24) is 4.57 Å². The Labute approximate surface area is 117 Å². The van der Waals surface area contributed by atoms with Crippen molar-refractivity contribution >= 4 is 5.97 Å². The van der Waals surface area contributed by atoms with Crippen LogP contribution in [-0.4, -0.2) is 15.6 Å². The van der Waals surface area contributed by atoms with Gasteiger partial charge in [0.15, 0.2) is 0 Å². The van der Waals surface area contributed by atoms with Gasteiger partial charge in [-0.15, -0.1) is 0 Å². The molecule has 1 heterocycles. The molecule has 0 fully saturated rings. The number of rotatable bonds is 3. The second-order valence-electron chi connectivity index (χ2n) is 5.22. The summed E-state index contributed by atoms with van der Waals surface area (Å²) in [5, 5.41) is 9.13. The second kappa shape index (κ2) is 5.12. The molecule has 3 nitrogen and oxygen atoms in total. The number of benzene rings is 1. The van der Waals surface area contributed by atoms with E-state index in [9.17, 15) is 9.18 Å². The lowest BCUT2D eigenvalue weighted by Gasteiger charge is -2.12. The summed E-state index contributed by atoms with van der Waals surface area (Å²) in [7, 11) is 0. The van der Waals surface area contributed by atoms with Gasteiger partial charge < -0.3 is 9.67 Å². The van der Waals surface area contributed by atoms with E-state index in [1.165, 1.54) is 0 Å². The Morgan fingerprint density at radius 1 is 1.15 bits per heavy atom. The van der Waals surface area contributed by atoms with E-state index < -0.39 is 5.97 Å². The summed E-state index contributed by atoms with van der Waals surface area (Å²) in [6, 6.07) is 5.28. The zero-order valence-electron chi connectivity index (χ0n) is 12.1. The SMILES string of the molecule is Cc1cc(Cn2c(C)cc(C(=O)O)c2C)cc(C)c1F. The standard InChI is InChI=1S/C16H18FNO2/c1-9-5-13(6-10(2)15(9)17)8-18-11(3)7-14(12(18)4)16(19)20/h5-7H,8H2,1-4H3,(H,19,20). The molecule has 0 aliphatic carbocycles. The van der Waals surface area contributed by atoms with Crippen LogP contribution in [0.2, 0.25) is 0 Å². The monoisotopic (exact) mass is 275 g/mol. The molecule has 1 N–H and O–H groups in total. The first-order valence-electron chi connectivity index (χ1n) is 6.47. The van der Waals surface area contributed by atoms with Gasteiger partial charge >= 0.3 is 5.97 Å². The molecule has 0 radical (unpaired) electrons. The Kier molecular flexibility index (Phi) is 3.66. The number of halogens is 1. The van der Waals surface area contributed by atoms with Gasteiger partial charge in [0.1, 0.15) is 5.82 Å². The fourth-order valence-electron chi connectivity index (χ4n) is 2.57. The van der Waals surface area contributed by atoms with Crippen LogP contribution in [0.25, 0.3) is 0 Å². The van der Waals surface area contributed by atoms with Crippen molar-refractivity contribution in [2.45, 2.75) is 34.2 Å². The molecule has 4 heteroatoms. The third kappa shape index (κ3) is 2.46. The number of carboxylic acid groups (broad SMARTS) is 1. The average molecular weight is 275 g/mol. The Hall–Kier alpha value is -2.10. The Bertz CT molecular complexity index is 663. The highest BCUT2D eigenvalue weighted by molar-refractivity contribution is 5.89. The highest BCUT2D eigenvalue weighted by Gasteiger charge is 2.15. The normalized spacial score (nSPS) is 10.8. The summed E-state index contributed by atoms with van der Waals surface area (Å²) in [6.07, 6.45) is 0. The van der Waals surface area contributed by atoms with Gasteiger partial charge in [-0.1, -0.05) is 12.1 Å². The van der Waals surface area contributed by atoms with Gasteiger partial charge in [0.05, 0.1) is 5.56 Å². The molecule has 0 aliphatic heterocycles. The lowest BCUT2D eigenvalue weighted by molar-refractivity contribution is 0.0696. The van der Waals surface area contributed by atoms with Crippen LogP contribution in [0.15, 0.2) is 18.2 Å². The van der Waals surface area contributed by atoms with E-state index in [0.717, 1.165) is 17.0 Å². The maximum Gasteiger partial charge on any atom is 0.337 e.